The van der Waals surface area contributed by atoms with Crippen molar-refractivity contribution in [2.45, 2.75) is 19.8 Å². The lowest BCUT2D eigenvalue weighted by molar-refractivity contribution is 0.845. The Morgan fingerprint density at radius 1 is 1.25 bits per heavy atom. The fourth-order valence-corrected chi connectivity index (χ4v) is 1.72. The van der Waals surface area contributed by atoms with Crippen LogP contribution >= 0.6 is 12.2 Å². The summed E-state index contributed by atoms with van der Waals surface area (Å²) in [6.07, 6.45) is 3.60. The van der Waals surface area contributed by atoms with Gasteiger partial charge in [-0.25, -0.2) is 4.98 Å². The van der Waals surface area contributed by atoms with Gasteiger partial charge in [-0.3, -0.25) is 4.98 Å². The number of aromatic nitrogens is 3. The van der Waals surface area contributed by atoms with Crippen LogP contribution in [-0.2, 0) is 0 Å². The number of pyridine rings is 1. The summed E-state index contributed by atoms with van der Waals surface area (Å²) in [6.45, 7) is 4.25. The van der Waals surface area contributed by atoms with Crippen LogP contribution in [0.3, 0.4) is 0 Å². The van der Waals surface area contributed by atoms with E-state index in [1.54, 1.807) is 6.20 Å². The second-order valence-electron chi connectivity index (χ2n) is 3.89. The van der Waals surface area contributed by atoms with Gasteiger partial charge in [-0.2, -0.15) is 0 Å². The normalized spacial score (nSPS) is 10.7. The van der Waals surface area contributed by atoms with E-state index in [2.05, 4.69) is 28.8 Å². The number of H-pyrrole nitrogens is 1. The maximum absolute atomic E-state index is 5.05. The third kappa shape index (κ3) is 2.17. The minimum atomic E-state index is 0.386. The monoisotopic (exact) mass is 231 g/mol. The van der Waals surface area contributed by atoms with Gasteiger partial charge in [0.05, 0.1) is 11.4 Å². The van der Waals surface area contributed by atoms with Gasteiger partial charge in [-0.15, -0.1) is 0 Å². The predicted octanol–water partition coefficient (Wildman–Crippen LogP) is 3.32. The number of hydrogen-bond acceptors (Lipinski definition) is 3. The highest BCUT2D eigenvalue weighted by Gasteiger charge is 2.10. The van der Waals surface area contributed by atoms with Crippen molar-refractivity contribution in [3.05, 3.63) is 40.9 Å². The number of aromatic amines is 1. The van der Waals surface area contributed by atoms with Crippen LogP contribution in [0.1, 0.15) is 25.3 Å². The molecule has 0 saturated carbocycles. The van der Waals surface area contributed by atoms with Gasteiger partial charge >= 0.3 is 0 Å². The Balaban J connectivity index is 2.63. The van der Waals surface area contributed by atoms with Crippen molar-refractivity contribution < 1.29 is 0 Å². The largest absolute Gasteiger partial charge is 0.329 e. The summed E-state index contributed by atoms with van der Waals surface area (Å²) in [5.74, 6) is 0.386. The molecule has 2 aromatic heterocycles. The number of nitrogens with one attached hydrogen (secondary N) is 1. The van der Waals surface area contributed by atoms with E-state index < -0.39 is 0 Å². The van der Waals surface area contributed by atoms with E-state index in [0.29, 0.717) is 10.7 Å². The molecule has 82 valence electrons. The molecule has 0 spiro atoms. The topological polar surface area (TPSA) is 41.6 Å². The van der Waals surface area contributed by atoms with Crippen LogP contribution in [0.2, 0.25) is 0 Å². The smallest absolute Gasteiger partial charge is 0.197 e. The second kappa shape index (κ2) is 4.53. The Morgan fingerprint density at radius 2 is 2.06 bits per heavy atom. The summed E-state index contributed by atoms with van der Waals surface area (Å²) in [4.78, 5) is 11.6. The molecule has 0 atom stereocenters. The van der Waals surface area contributed by atoms with Crippen molar-refractivity contribution in [1.29, 1.82) is 0 Å². The Kier molecular flexibility index (Phi) is 3.10. The quantitative estimate of drug-likeness (QED) is 0.806. The third-order valence-electron chi connectivity index (χ3n) is 2.38. The van der Waals surface area contributed by atoms with Crippen LogP contribution < -0.4 is 0 Å². The molecule has 0 radical (unpaired) electrons. The Morgan fingerprint density at radius 3 is 2.69 bits per heavy atom. The Labute approximate surface area is 99.6 Å². The SMILES string of the molecule is CC(C)c1cnc(=S)[nH]c1-c1ccccn1. The molecule has 0 bridgehead atoms. The second-order valence-corrected chi connectivity index (χ2v) is 4.28. The Bertz CT molecular complexity index is 531. The van der Waals surface area contributed by atoms with Crippen molar-refractivity contribution in [3.8, 4) is 11.4 Å². The zero-order valence-corrected chi connectivity index (χ0v) is 10.1. The molecule has 2 rings (SSSR count). The molecule has 3 nitrogen and oxygen atoms in total. The molecular formula is C12H13N3S. The summed E-state index contributed by atoms with van der Waals surface area (Å²) in [5.41, 5.74) is 3.00. The van der Waals surface area contributed by atoms with Crippen LogP contribution in [0.15, 0.2) is 30.6 Å². The molecule has 0 aliphatic rings. The number of hydrogen-bond donors (Lipinski definition) is 1. The molecule has 4 heteroatoms. The van der Waals surface area contributed by atoms with Crippen molar-refractivity contribution >= 4 is 12.2 Å². The minimum Gasteiger partial charge on any atom is -0.329 e. The highest BCUT2D eigenvalue weighted by molar-refractivity contribution is 7.71. The summed E-state index contributed by atoms with van der Waals surface area (Å²) in [6, 6.07) is 5.82. The van der Waals surface area contributed by atoms with E-state index in [0.717, 1.165) is 17.0 Å². The summed E-state index contributed by atoms with van der Waals surface area (Å²) in [7, 11) is 0. The van der Waals surface area contributed by atoms with Gasteiger partial charge in [-0.1, -0.05) is 19.9 Å². The summed E-state index contributed by atoms with van der Waals surface area (Å²) < 4.78 is 0.491. The van der Waals surface area contributed by atoms with Gasteiger partial charge in [0.1, 0.15) is 0 Å². The maximum Gasteiger partial charge on any atom is 0.197 e. The molecule has 0 unspecified atom stereocenters. The van der Waals surface area contributed by atoms with Crippen molar-refractivity contribution in [1.82, 2.24) is 15.0 Å². The first-order valence-corrected chi connectivity index (χ1v) is 5.60. The first-order chi connectivity index (χ1) is 7.68. The number of rotatable bonds is 2. The summed E-state index contributed by atoms with van der Waals surface area (Å²) in [5, 5.41) is 0. The molecule has 2 heterocycles. The van der Waals surface area contributed by atoms with Gasteiger partial charge in [0, 0.05) is 12.4 Å². The molecule has 0 fully saturated rings. The molecule has 0 aromatic carbocycles. The lowest BCUT2D eigenvalue weighted by Crippen LogP contribution is -1.99. The fourth-order valence-electron chi connectivity index (χ4n) is 1.56. The highest BCUT2D eigenvalue weighted by Crippen LogP contribution is 2.24. The van der Waals surface area contributed by atoms with E-state index in [1.807, 2.05) is 24.4 Å². The molecule has 0 aliphatic carbocycles. The molecule has 2 aromatic rings. The average molecular weight is 231 g/mol. The van der Waals surface area contributed by atoms with E-state index in [1.165, 1.54) is 0 Å². The highest BCUT2D eigenvalue weighted by atomic mass is 32.1. The first kappa shape index (κ1) is 11.0. The van der Waals surface area contributed by atoms with Crippen LogP contribution in [0, 0.1) is 4.77 Å². The van der Waals surface area contributed by atoms with Crippen LogP contribution in [0.4, 0.5) is 0 Å². The van der Waals surface area contributed by atoms with Crippen molar-refractivity contribution in [2.24, 2.45) is 0 Å². The zero-order valence-electron chi connectivity index (χ0n) is 9.27. The van der Waals surface area contributed by atoms with E-state index in [9.17, 15) is 0 Å². The maximum atomic E-state index is 5.05. The molecule has 1 N–H and O–H groups in total. The lowest BCUT2D eigenvalue weighted by atomic mass is 10.0. The Hall–Kier alpha value is -1.55. The molecule has 0 aliphatic heterocycles. The molecular weight excluding hydrogens is 218 g/mol. The lowest BCUT2D eigenvalue weighted by Gasteiger charge is -2.10. The van der Waals surface area contributed by atoms with E-state index in [4.69, 9.17) is 12.2 Å². The van der Waals surface area contributed by atoms with Gasteiger partial charge in [0.25, 0.3) is 0 Å². The summed E-state index contributed by atoms with van der Waals surface area (Å²) >= 11 is 5.05. The molecule has 0 amide bonds. The molecule has 16 heavy (non-hydrogen) atoms. The van der Waals surface area contributed by atoms with Crippen LogP contribution in [0.5, 0.6) is 0 Å². The van der Waals surface area contributed by atoms with Gasteiger partial charge < -0.3 is 4.98 Å². The molecule has 0 saturated heterocycles. The van der Waals surface area contributed by atoms with Crippen molar-refractivity contribution in [2.75, 3.05) is 0 Å². The van der Waals surface area contributed by atoms with E-state index in [-0.39, 0.29) is 0 Å². The van der Waals surface area contributed by atoms with Gasteiger partial charge in [-0.05, 0) is 35.8 Å². The van der Waals surface area contributed by atoms with Crippen molar-refractivity contribution in [3.63, 3.8) is 0 Å². The zero-order chi connectivity index (χ0) is 11.5. The van der Waals surface area contributed by atoms with Gasteiger partial charge in [0.15, 0.2) is 4.77 Å². The third-order valence-corrected chi connectivity index (χ3v) is 2.59. The minimum absolute atomic E-state index is 0.386. The van der Waals surface area contributed by atoms with Gasteiger partial charge in [0.2, 0.25) is 0 Å². The number of nitrogens with zero attached hydrogens (tertiary/aromatic N) is 2. The van der Waals surface area contributed by atoms with Crippen LogP contribution in [-0.4, -0.2) is 15.0 Å². The predicted molar refractivity (Wildman–Crippen MR) is 66.7 cm³/mol. The first-order valence-electron chi connectivity index (χ1n) is 5.19. The fraction of sp³-hybridized carbons (Fsp3) is 0.250. The standard InChI is InChI=1S/C12H13N3S/c1-8(2)9-7-14-12(16)15-11(9)10-5-3-4-6-13-10/h3-8H,1-2H3,(H,14,15,16). The van der Waals surface area contributed by atoms with Crippen LogP contribution in [0.25, 0.3) is 11.4 Å². The van der Waals surface area contributed by atoms with E-state index >= 15 is 0 Å². The average Bonchev–Trinajstić information content (AvgIpc) is 2.29.